The molecule has 146 valence electrons. The molecule has 0 aliphatic heterocycles. The predicted molar refractivity (Wildman–Crippen MR) is 108 cm³/mol. The van der Waals surface area contributed by atoms with Gasteiger partial charge in [-0.1, -0.05) is 42.4 Å². The maximum Gasteiger partial charge on any atom is 0.321 e. The van der Waals surface area contributed by atoms with Crippen LogP contribution in [0, 0.1) is 6.92 Å². The van der Waals surface area contributed by atoms with Crippen molar-refractivity contribution >= 4 is 23.7 Å². The van der Waals surface area contributed by atoms with E-state index in [1.54, 1.807) is 0 Å². The lowest BCUT2D eigenvalue weighted by molar-refractivity contribution is -0.117. The van der Waals surface area contributed by atoms with Crippen molar-refractivity contribution in [3.63, 3.8) is 0 Å². The Kier molecular flexibility index (Phi) is 7.01. The van der Waals surface area contributed by atoms with Crippen LogP contribution < -0.4 is 10.6 Å². The second kappa shape index (κ2) is 9.03. The van der Waals surface area contributed by atoms with Gasteiger partial charge < -0.3 is 9.88 Å². The Hall–Kier alpha value is -2.35. The van der Waals surface area contributed by atoms with E-state index in [1.165, 1.54) is 11.8 Å². The number of hydrogen-bond donors (Lipinski definition) is 2. The Morgan fingerprint density at radius 2 is 1.96 bits per heavy atom. The quantitative estimate of drug-likeness (QED) is 0.740. The number of imide groups is 1. The van der Waals surface area contributed by atoms with Crippen LogP contribution in [0.4, 0.5) is 4.79 Å². The lowest BCUT2D eigenvalue weighted by Gasteiger charge is -2.20. The fourth-order valence-electron chi connectivity index (χ4n) is 2.48. The third-order valence-electron chi connectivity index (χ3n) is 3.51. The molecule has 2 N–H and O–H groups in total. The number of aromatic nitrogens is 3. The molecule has 0 fully saturated rings. The monoisotopic (exact) mass is 389 g/mol. The smallest absolute Gasteiger partial charge is 0.321 e. The molecular formula is C19H27N5O2S. The van der Waals surface area contributed by atoms with Crippen molar-refractivity contribution in [2.75, 3.05) is 5.75 Å². The minimum atomic E-state index is -0.497. The third kappa shape index (κ3) is 6.39. The van der Waals surface area contributed by atoms with E-state index >= 15 is 0 Å². The molecule has 0 aliphatic rings. The van der Waals surface area contributed by atoms with Gasteiger partial charge in [-0.3, -0.25) is 10.1 Å². The number of nitrogens with zero attached hydrogens (tertiary/aromatic N) is 3. The maximum atomic E-state index is 12.1. The minimum Gasteiger partial charge on any atom is -0.333 e. The first-order valence-corrected chi connectivity index (χ1v) is 9.93. The highest BCUT2D eigenvalue weighted by Gasteiger charge is 2.18. The van der Waals surface area contributed by atoms with E-state index in [2.05, 4.69) is 33.8 Å². The average Bonchev–Trinajstić information content (AvgIpc) is 2.94. The first-order valence-electron chi connectivity index (χ1n) is 8.94. The standard InChI is InChI=1S/C19H27N5O2S/c1-6-10-24-16(14-9-7-8-13(2)11-14)22-23-18(24)27-12-15(25)20-17(26)21-19(3,4)5/h7-9,11H,6,10,12H2,1-5H3,(H2,20,21,25,26). The molecule has 0 saturated heterocycles. The summed E-state index contributed by atoms with van der Waals surface area (Å²) >= 11 is 1.27. The Morgan fingerprint density at radius 3 is 2.59 bits per heavy atom. The van der Waals surface area contributed by atoms with Crippen molar-refractivity contribution < 1.29 is 9.59 Å². The molecule has 0 saturated carbocycles. The van der Waals surface area contributed by atoms with Crippen LogP contribution in [-0.2, 0) is 11.3 Å². The zero-order valence-corrected chi connectivity index (χ0v) is 17.3. The third-order valence-corrected chi connectivity index (χ3v) is 4.48. The van der Waals surface area contributed by atoms with E-state index in [0.717, 1.165) is 29.9 Å². The molecule has 2 rings (SSSR count). The fourth-order valence-corrected chi connectivity index (χ4v) is 3.25. The molecule has 0 spiro atoms. The molecule has 0 bridgehead atoms. The van der Waals surface area contributed by atoms with Crippen LogP contribution in [0.5, 0.6) is 0 Å². The van der Waals surface area contributed by atoms with Gasteiger partial charge in [0.25, 0.3) is 0 Å². The highest BCUT2D eigenvalue weighted by molar-refractivity contribution is 7.99. The number of thioether (sulfide) groups is 1. The zero-order chi connectivity index (χ0) is 20.0. The first kappa shape index (κ1) is 21.0. The van der Waals surface area contributed by atoms with Gasteiger partial charge in [-0.15, -0.1) is 10.2 Å². The second-order valence-corrected chi connectivity index (χ2v) is 8.31. The lowest BCUT2D eigenvalue weighted by Crippen LogP contribution is -2.48. The molecule has 3 amide bonds. The summed E-state index contributed by atoms with van der Waals surface area (Å²) in [7, 11) is 0. The summed E-state index contributed by atoms with van der Waals surface area (Å²) in [5.74, 6) is 0.506. The summed E-state index contributed by atoms with van der Waals surface area (Å²) in [5.41, 5.74) is 1.75. The summed E-state index contributed by atoms with van der Waals surface area (Å²) in [5, 5.41) is 14.3. The van der Waals surface area contributed by atoms with Crippen LogP contribution in [0.1, 0.15) is 39.7 Å². The molecule has 0 aliphatic carbocycles. The Labute approximate surface area is 164 Å². The van der Waals surface area contributed by atoms with Gasteiger partial charge in [0, 0.05) is 17.6 Å². The fraction of sp³-hybridized carbons (Fsp3) is 0.474. The van der Waals surface area contributed by atoms with Gasteiger partial charge in [-0.2, -0.15) is 0 Å². The van der Waals surface area contributed by atoms with Gasteiger partial charge in [0.15, 0.2) is 11.0 Å². The number of carbonyl (C=O) groups excluding carboxylic acids is 2. The molecule has 27 heavy (non-hydrogen) atoms. The largest absolute Gasteiger partial charge is 0.333 e. The van der Waals surface area contributed by atoms with Crippen molar-refractivity contribution in [1.82, 2.24) is 25.4 Å². The molecule has 2 aromatic rings. The van der Waals surface area contributed by atoms with E-state index in [4.69, 9.17) is 0 Å². The summed E-state index contributed by atoms with van der Waals surface area (Å²) in [6.07, 6.45) is 0.921. The Balaban J connectivity index is 2.06. The van der Waals surface area contributed by atoms with Crippen molar-refractivity contribution in [1.29, 1.82) is 0 Å². The maximum absolute atomic E-state index is 12.1. The molecule has 0 atom stereocenters. The molecule has 8 heteroatoms. The summed E-state index contributed by atoms with van der Waals surface area (Å²) in [6.45, 7) is 10.4. The molecule has 1 aromatic heterocycles. The highest BCUT2D eigenvalue weighted by atomic mass is 32.2. The highest BCUT2D eigenvalue weighted by Crippen LogP contribution is 2.25. The molecule has 7 nitrogen and oxygen atoms in total. The lowest BCUT2D eigenvalue weighted by atomic mass is 10.1. The average molecular weight is 390 g/mol. The van der Waals surface area contributed by atoms with Gasteiger partial charge in [0.1, 0.15) is 0 Å². The second-order valence-electron chi connectivity index (χ2n) is 7.37. The topological polar surface area (TPSA) is 88.9 Å². The number of rotatable bonds is 6. The molecule has 1 aromatic carbocycles. The number of urea groups is 1. The van der Waals surface area contributed by atoms with Crippen LogP contribution in [0.2, 0.25) is 0 Å². The van der Waals surface area contributed by atoms with Crippen LogP contribution in [0.3, 0.4) is 0 Å². The number of hydrogen-bond acceptors (Lipinski definition) is 5. The van der Waals surface area contributed by atoms with E-state index in [9.17, 15) is 9.59 Å². The van der Waals surface area contributed by atoms with Gasteiger partial charge in [-0.25, -0.2) is 4.79 Å². The molecular weight excluding hydrogens is 362 g/mol. The van der Waals surface area contributed by atoms with Crippen molar-refractivity contribution in [2.24, 2.45) is 0 Å². The van der Waals surface area contributed by atoms with Gasteiger partial charge >= 0.3 is 6.03 Å². The number of benzene rings is 1. The van der Waals surface area contributed by atoms with Crippen molar-refractivity contribution in [2.45, 2.75) is 58.3 Å². The van der Waals surface area contributed by atoms with Crippen LogP contribution >= 0.6 is 11.8 Å². The number of aryl methyl sites for hydroxylation is 1. The van der Waals surface area contributed by atoms with E-state index in [1.807, 2.05) is 50.5 Å². The predicted octanol–water partition coefficient (Wildman–Crippen LogP) is 3.38. The Bertz CT molecular complexity index is 811. The number of amides is 3. The summed E-state index contributed by atoms with van der Waals surface area (Å²) in [6, 6.07) is 7.59. The molecule has 0 unspecified atom stereocenters. The van der Waals surface area contributed by atoms with E-state index < -0.39 is 11.6 Å². The number of carbonyl (C=O) groups is 2. The van der Waals surface area contributed by atoms with Gasteiger partial charge in [0.05, 0.1) is 5.75 Å². The normalized spacial score (nSPS) is 11.3. The SMILES string of the molecule is CCCn1c(SCC(=O)NC(=O)NC(C)(C)C)nnc1-c1cccc(C)c1. The van der Waals surface area contributed by atoms with E-state index in [-0.39, 0.29) is 11.7 Å². The first-order chi connectivity index (χ1) is 12.7. The number of nitrogens with one attached hydrogen (secondary N) is 2. The van der Waals surface area contributed by atoms with Crippen LogP contribution in [0.25, 0.3) is 11.4 Å². The van der Waals surface area contributed by atoms with Crippen LogP contribution in [0.15, 0.2) is 29.4 Å². The molecule has 0 radical (unpaired) electrons. The van der Waals surface area contributed by atoms with Crippen LogP contribution in [-0.4, -0.2) is 38.0 Å². The minimum absolute atomic E-state index is 0.0905. The summed E-state index contributed by atoms with van der Waals surface area (Å²) < 4.78 is 2.02. The van der Waals surface area contributed by atoms with Crippen molar-refractivity contribution in [3.05, 3.63) is 29.8 Å². The van der Waals surface area contributed by atoms with Gasteiger partial charge in [-0.05, 0) is 40.2 Å². The zero-order valence-electron chi connectivity index (χ0n) is 16.5. The molecule has 1 heterocycles. The van der Waals surface area contributed by atoms with Gasteiger partial charge in [0.2, 0.25) is 5.91 Å². The van der Waals surface area contributed by atoms with E-state index in [0.29, 0.717) is 5.16 Å². The van der Waals surface area contributed by atoms with Crippen molar-refractivity contribution in [3.8, 4) is 11.4 Å². The summed E-state index contributed by atoms with van der Waals surface area (Å²) in [4.78, 5) is 23.8. The Morgan fingerprint density at radius 1 is 1.22 bits per heavy atom.